The van der Waals surface area contributed by atoms with Crippen LogP contribution in [0.15, 0.2) is 63.0 Å². The van der Waals surface area contributed by atoms with E-state index in [0.29, 0.717) is 18.2 Å². The van der Waals surface area contributed by atoms with Gasteiger partial charge in [-0.3, -0.25) is 0 Å². The van der Waals surface area contributed by atoms with E-state index >= 15 is 0 Å². The van der Waals surface area contributed by atoms with Crippen LogP contribution in [0.3, 0.4) is 0 Å². The van der Waals surface area contributed by atoms with Crippen molar-refractivity contribution in [1.82, 2.24) is 10.2 Å². The van der Waals surface area contributed by atoms with E-state index in [1.54, 1.807) is 18.4 Å². The molecule has 1 aromatic carbocycles. The summed E-state index contributed by atoms with van der Waals surface area (Å²) in [5.41, 5.74) is 0. The molecular weight excluding hydrogens is 473 g/mol. The molecule has 1 saturated heterocycles. The molecule has 3 rings (SSSR count). The fourth-order valence-electron chi connectivity index (χ4n) is 3.06. The highest BCUT2D eigenvalue weighted by Crippen LogP contribution is 2.26. The van der Waals surface area contributed by atoms with Crippen molar-refractivity contribution in [3.63, 3.8) is 0 Å². The number of aliphatic hydroxyl groups excluding tert-OH is 1. The van der Waals surface area contributed by atoms with E-state index in [1.807, 2.05) is 11.8 Å². The minimum absolute atomic E-state index is 0. The number of likely N-dealkylation sites (tertiary alicyclic amines) is 1. The van der Waals surface area contributed by atoms with Gasteiger partial charge in [0.25, 0.3) is 0 Å². The lowest BCUT2D eigenvalue weighted by atomic mass is 10.2. The highest BCUT2D eigenvalue weighted by molar-refractivity contribution is 14.0. The maximum Gasteiger partial charge on any atom is 0.194 e. The minimum atomic E-state index is -0.703. The third kappa shape index (κ3) is 6.73. The quantitative estimate of drug-likeness (QED) is 0.260. The second-order valence-electron chi connectivity index (χ2n) is 6.45. The summed E-state index contributed by atoms with van der Waals surface area (Å²) in [5, 5.41) is 13.5. The van der Waals surface area contributed by atoms with E-state index < -0.39 is 6.10 Å². The van der Waals surface area contributed by atoms with Crippen LogP contribution < -0.4 is 5.32 Å². The van der Waals surface area contributed by atoms with Gasteiger partial charge in [0.05, 0.1) is 12.8 Å². The number of hydrogen-bond acceptors (Lipinski definition) is 4. The third-order valence-electron chi connectivity index (χ3n) is 4.43. The molecule has 2 atom stereocenters. The van der Waals surface area contributed by atoms with Crippen molar-refractivity contribution >= 4 is 41.7 Å². The number of nitrogens with one attached hydrogen (secondary N) is 1. The van der Waals surface area contributed by atoms with Crippen LogP contribution in [0, 0.1) is 5.92 Å². The Morgan fingerprint density at radius 3 is 2.85 bits per heavy atom. The van der Waals surface area contributed by atoms with Crippen LogP contribution in [-0.2, 0) is 0 Å². The second-order valence-corrected chi connectivity index (χ2v) is 7.54. The number of halogens is 1. The Morgan fingerprint density at radius 1 is 1.33 bits per heavy atom. The molecule has 7 heteroatoms. The van der Waals surface area contributed by atoms with Gasteiger partial charge in [0, 0.05) is 30.3 Å². The molecule has 1 aliphatic heterocycles. The molecule has 0 aliphatic carbocycles. The van der Waals surface area contributed by atoms with Crippen molar-refractivity contribution in [2.24, 2.45) is 10.9 Å². The molecule has 1 aromatic heterocycles. The van der Waals surface area contributed by atoms with E-state index in [9.17, 15) is 5.11 Å². The van der Waals surface area contributed by atoms with Gasteiger partial charge in [-0.05, 0) is 43.5 Å². The number of aliphatic imine (C=N–C) groups is 1. The molecule has 2 unspecified atom stereocenters. The monoisotopic (exact) mass is 501 g/mol. The molecule has 27 heavy (non-hydrogen) atoms. The molecule has 0 saturated carbocycles. The zero-order valence-electron chi connectivity index (χ0n) is 15.6. The van der Waals surface area contributed by atoms with Crippen LogP contribution in [0.1, 0.15) is 25.2 Å². The van der Waals surface area contributed by atoms with Crippen LogP contribution in [-0.4, -0.2) is 47.9 Å². The Bertz CT molecular complexity index is 682. The predicted octanol–water partition coefficient (Wildman–Crippen LogP) is 4.01. The molecule has 2 heterocycles. The van der Waals surface area contributed by atoms with E-state index in [2.05, 4.69) is 52.5 Å². The normalized spacial score (nSPS) is 18.2. The van der Waals surface area contributed by atoms with Crippen molar-refractivity contribution in [2.75, 3.05) is 31.9 Å². The molecule has 0 bridgehead atoms. The fraction of sp³-hybridized carbons (Fsp3) is 0.450. The van der Waals surface area contributed by atoms with E-state index in [0.717, 1.165) is 31.3 Å². The summed E-state index contributed by atoms with van der Waals surface area (Å²) < 4.78 is 5.25. The van der Waals surface area contributed by atoms with Gasteiger partial charge >= 0.3 is 0 Å². The average Bonchev–Trinajstić information content (AvgIpc) is 3.36. The van der Waals surface area contributed by atoms with Gasteiger partial charge in [-0.1, -0.05) is 18.2 Å². The Hall–Kier alpha value is -1.19. The summed E-state index contributed by atoms with van der Waals surface area (Å²) in [6.45, 7) is 5.19. The van der Waals surface area contributed by atoms with Crippen molar-refractivity contribution in [3.8, 4) is 0 Å². The first-order valence-corrected chi connectivity index (χ1v) is 10.2. The molecule has 2 aromatic rings. The zero-order chi connectivity index (χ0) is 18.2. The maximum atomic E-state index is 10.2. The number of aliphatic hydroxyl groups is 1. The van der Waals surface area contributed by atoms with Gasteiger partial charge < -0.3 is 19.7 Å². The molecular formula is C20H28IN3O2S. The smallest absolute Gasteiger partial charge is 0.194 e. The first-order valence-electron chi connectivity index (χ1n) is 9.19. The Morgan fingerprint density at radius 2 is 2.15 bits per heavy atom. The molecule has 2 N–H and O–H groups in total. The molecule has 5 nitrogen and oxygen atoms in total. The highest BCUT2D eigenvalue weighted by atomic mass is 127. The predicted molar refractivity (Wildman–Crippen MR) is 122 cm³/mol. The summed E-state index contributed by atoms with van der Waals surface area (Å²) >= 11 is 1.92. The lowest BCUT2D eigenvalue weighted by Crippen LogP contribution is -2.40. The summed E-state index contributed by atoms with van der Waals surface area (Å²) in [6.07, 6.45) is 2.04. The first-order chi connectivity index (χ1) is 12.8. The third-order valence-corrected chi connectivity index (χ3v) is 5.68. The van der Waals surface area contributed by atoms with Gasteiger partial charge in [-0.15, -0.1) is 35.7 Å². The Balaban J connectivity index is 0.00000261. The summed E-state index contributed by atoms with van der Waals surface area (Å²) in [5.74, 6) is 3.21. The van der Waals surface area contributed by atoms with Crippen LogP contribution >= 0.6 is 35.7 Å². The number of furan rings is 1. The van der Waals surface area contributed by atoms with E-state index in [-0.39, 0.29) is 24.0 Å². The minimum Gasteiger partial charge on any atom is -0.467 e. The number of nitrogens with zero attached hydrogens (tertiary/aromatic N) is 2. The fourth-order valence-corrected chi connectivity index (χ4v) is 4.11. The molecule has 0 radical (unpaired) electrons. The van der Waals surface area contributed by atoms with Gasteiger partial charge in [0.2, 0.25) is 0 Å². The van der Waals surface area contributed by atoms with Gasteiger partial charge in [0.1, 0.15) is 11.9 Å². The Kier molecular flexibility index (Phi) is 9.50. The molecule has 148 valence electrons. The number of hydrogen-bond donors (Lipinski definition) is 2. The second kappa shape index (κ2) is 11.6. The van der Waals surface area contributed by atoms with Gasteiger partial charge in [-0.25, -0.2) is 4.99 Å². The van der Waals surface area contributed by atoms with Crippen molar-refractivity contribution < 1.29 is 9.52 Å². The van der Waals surface area contributed by atoms with E-state index in [1.165, 1.54) is 11.3 Å². The number of rotatable bonds is 7. The summed E-state index contributed by atoms with van der Waals surface area (Å²) in [4.78, 5) is 8.25. The van der Waals surface area contributed by atoms with Crippen LogP contribution in [0.2, 0.25) is 0 Å². The zero-order valence-corrected chi connectivity index (χ0v) is 18.7. The molecule has 1 aliphatic rings. The first kappa shape index (κ1) is 22.1. The molecule has 1 fully saturated rings. The number of thioether (sulfide) groups is 1. The number of guanidine groups is 1. The van der Waals surface area contributed by atoms with Gasteiger partial charge in [0.15, 0.2) is 5.96 Å². The summed E-state index contributed by atoms with van der Waals surface area (Å²) in [6, 6.07) is 14.1. The van der Waals surface area contributed by atoms with Crippen LogP contribution in [0.5, 0.6) is 0 Å². The van der Waals surface area contributed by atoms with E-state index in [4.69, 9.17) is 4.42 Å². The summed E-state index contributed by atoms with van der Waals surface area (Å²) in [7, 11) is 0. The Labute approximate surface area is 182 Å². The lowest BCUT2D eigenvalue weighted by molar-refractivity contribution is 0.158. The molecule has 0 amide bonds. The lowest BCUT2D eigenvalue weighted by Gasteiger charge is -2.22. The van der Waals surface area contributed by atoms with Crippen LogP contribution in [0.25, 0.3) is 0 Å². The molecule has 0 spiro atoms. The largest absolute Gasteiger partial charge is 0.467 e. The van der Waals surface area contributed by atoms with Gasteiger partial charge in [-0.2, -0.15) is 0 Å². The SMILES string of the molecule is CCNC(=NCC(O)c1ccco1)N1CCC(CSc2ccccc2)C1.I. The number of benzene rings is 1. The average molecular weight is 501 g/mol. The standard InChI is InChI=1S/C20H27N3O2S.HI/c1-2-21-20(22-13-18(24)19-9-6-12-25-19)23-11-10-16(14-23)15-26-17-7-4-3-5-8-17;/h3-9,12,16,18,24H,2,10-11,13-15H2,1H3,(H,21,22);1H. The maximum absolute atomic E-state index is 10.2. The van der Waals surface area contributed by atoms with Crippen LogP contribution in [0.4, 0.5) is 0 Å². The van der Waals surface area contributed by atoms with Crippen molar-refractivity contribution in [1.29, 1.82) is 0 Å². The topological polar surface area (TPSA) is 61.0 Å². The highest BCUT2D eigenvalue weighted by Gasteiger charge is 2.25. The van der Waals surface area contributed by atoms with Crippen molar-refractivity contribution in [3.05, 3.63) is 54.5 Å². The van der Waals surface area contributed by atoms with Crippen molar-refractivity contribution in [2.45, 2.75) is 24.3 Å².